The fourth-order valence-electron chi connectivity index (χ4n) is 2.13. The SMILES string of the molecule is CCCN(CCC)CCCCC(C)(C)C(N)=NO. The van der Waals surface area contributed by atoms with Crippen LogP contribution in [-0.2, 0) is 0 Å². The lowest BCUT2D eigenvalue weighted by atomic mass is 9.86. The second-order valence-corrected chi connectivity index (χ2v) is 5.67. The molecule has 0 aliphatic carbocycles. The molecule has 0 bridgehead atoms. The van der Waals surface area contributed by atoms with Crippen LogP contribution in [0.15, 0.2) is 5.16 Å². The number of nitrogens with two attached hydrogens (primary N) is 1. The molecule has 0 fully saturated rings. The van der Waals surface area contributed by atoms with Gasteiger partial charge < -0.3 is 15.8 Å². The van der Waals surface area contributed by atoms with Crippen LogP contribution in [0.25, 0.3) is 0 Å². The van der Waals surface area contributed by atoms with Gasteiger partial charge in [0.15, 0.2) is 0 Å². The lowest BCUT2D eigenvalue weighted by molar-refractivity contribution is 0.262. The molecule has 0 atom stereocenters. The number of nitrogens with zero attached hydrogens (tertiary/aromatic N) is 2. The monoisotopic (exact) mass is 257 g/mol. The average Bonchev–Trinajstić information content (AvgIpc) is 2.34. The molecule has 0 heterocycles. The zero-order chi connectivity index (χ0) is 14.0. The van der Waals surface area contributed by atoms with Gasteiger partial charge in [0, 0.05) is 5.41 Å². The Kier molecular flexibility index (Phi) is 8.81. The van der Waals surface area contributed by atoms with Crippen molar-refractivity contribution in [3.63, 3.8) is 0 Å². The van der Waals surface area contributed by atoms with Gasteiger partial charge in [0.05, 0.1) is 0 Å². The van der Waals surface area contributed by atoms with Crippen molar-refractivity contribution in [3.05, 3.63) is 0 Å². The maximum atomic E-state index is 8.71. The van der Waals surface area contributed by atoms with Gasteiger partial charge in [-0.1, -0.05) is 39.3 Å². The van der Waals surface area contributed by atoms with E-state index in [1.807, 2.05) is 13.8 Å². The molecule has 4 nitrogen and oxygen atoms in total. The Morgan fingerprint density at radius 1 is 1.11 bits per heavy atom. The molecular weight excluding hydrogens is 226 g/mol. The highest BCUT2D eigenvalue weighted by Crippen LogP contribution is 2.23. The third kappa shape index (κ3) is 6.84. The highest BCUT2D eigenvalue weighted by molar-refractivity contribution is 5.85. The Bertz CT molecular complexity index is 233. The minimum absolute atomic E-state index is 0.199. The van der Waals surface area contributed by atoms with E-state index in [9.17, 15) is 0 Å². The van der Waals surface area contributed by atoms with Crippen molar-refractivity contribution >= 4 is 5.84 Å². The minimum Gasteiger partial charge on any atom is -0.409 e. The second kappa shape index (κ2) is 9.20. The number of amidine groups is 1. The van der Waals surface area contributed by atoms with Crippen molar-refractivity contribution < 1.29 is 5.21 Å². The van der Waals surface area contributed by atoms with Crippen LogP contribution in [0.2, 0.25) is 0 Å². The molecule has 108 valence electrons. The predicted octanol–water partition coefficient (Wildman–Crippen LogP) is 3.05. The summed E-state index contributed by atoms with van der Waals surface area (Å²) in [5, 5.41) is 11.8. The van der Waals surface area contributed by atoms with E-state index in [0.29, 0.717) is 5.84 Å². The van der Waals surface area contributed by atoms with Gasteiger partial charge in [-0.25, -0.2) is 0 Å². The van der Waals surface area contributed by atoms with Gasteiger partial charge >= 0.3 is 0 Å². The van der Waals surface area contributed by atoms with E-state index in [-0.39, 0.29) is 5.41 Å². The zero-order valence-electron chi connectivity index (χ0n) is 12.6. The van der Waals surface area contributed by atoms with Crippen LogP contribution in [-0.4, -0.2) is 35.6 Å². The third-order valence-electron chi connectivity index (χ3n) is 3.41. The molecule has 0 aliphatic rings. The van der Waals surface area contributed by atoms with E-state index in [0.717, 1.165) is 19.4 Å². The van der Waals surface area contributed by atoms with Gasteiger partial charge in [-0.2, -0.15) is 0 Å². The largest absolute Gasteiger partial charge is 0.409 e. The first-order valence-corrected chi connectivity index (χ1v) is 7.18. The summed E-state index contributed by atoms with van der Waals surface area (Å²) in [7, 11) is 0. The summed E-state index contributed by atoms with van der Waals surface area (Å²) in [6.07, 6.45) is 5.70. The Morgan fingerprint density at radius 3 is 2.11 bits per heavy atom. The first kappa shape index (κ1) is 17.2. The molecule has 3 N–H and O–H groups in total. The minimum atomic E-state index is -0.199. The van der Waals surface area contributed by atoms with Crippen LogP contribution >= 0.6 is 0 Å². The van der Waals surface area contributed by atoms with E-state index in [4.69, 9.17) is 10.9 Å². The molecule has 0 aromatic rings. The van der Waals surface area contributed by atoms with Gasteiger partial charge in [0.25, 0.3) is 0 Å². The summed E-state index contributed by atoms with van der Waals surface area (Å²) in [6.45, 7) is 12.0. The summed E-state index contributed by atoms with van der Waals surface area (Å²) in [4.78, 5) is 2.52. The normalized spacial score (nSPS) is 13.3. The first-order chi connectivity index (χ1) is 8.47. The van der Waals surface area contributed by atoms with Crippen LogP contribution in [0.1, 0.15) is 59.8 Å². The van der Waals surface area contributed by atoms with Crippen molar-refractivity contribution in [2.24, 2.45) is 16.3 Å². The number of unbranched alkanes of at least 4 members (excludes halogenated alkanes) is 1. The van der Waals surface area contributed by atoms with Gasteiger partial charge in [-0.3, -0.25) is 0 Å². The Labute approximate surface area is 112 Å². The molecule has 0 aromatic heterocycles. The maximum absolute atomic E-state index is 8.71. The average molecular weight is 257 g/mol. The summed E-state index contributed by atoms with van der Waals surface area (Å²) < 4.78 is 0. The second-order valence-electron chi connectivity index (χ2n) is 5.67. The number of rotatable bonds is 10. The first-order valence-electron chi connectivity index (χ1n) is 7.18. The summed E-state index contributed by atoms with van der Waals surface area (Å²) >= 11 is 0. The zero-order valence-corrected chi connectivity index (χ0v) is 12.6. The molecular formula is C14H31N3O. The topological polar surface area (TPSA) is 61.8 Å². The fraction of sp³-hybridized carbons (Fsp3) is 0.929. The van der Waals surface area contributed by atoms with Crippen LogP contribution < -0.4 is 5.73 Å². The predicted molar refractivity (Wildman–Crippen MR) is 78.1 cm³/mol. The molecule has 0 unspecified atom stereocenters. The van der Waals surface area contributed by atoms with Crippen molar-refractivity contribution in [2.45, 2.75) is 59.8 Å². The van der Waals surface area contributed by atoms with Crippen LogP contribution in [0, 0.1) is 5.41 Å². The van der Waals surface area contributed by atoms with Crippen LogP contribution in [0.4, 0.5) is 0 Å². The Morgan fingerprint density at radius 2 is 1.67 bits per heavy atom. The maximum Gasteiger partial charge on any atom is 0.144 e. The lowest BCUT2D eigenvalue weighted by Crippen LogP contribution is -2.32. The quantitative estimate of drug-likeness (QED) is 0.208. The summed E-state index contributed by atoms with van der Waals surface area (Å²) in [5.41, 5.74) is 5.48. The van der Waals surface area contributed by atoms with Gasteiger partial charge in [0.2, 0.25) is 0 Å². The molecule has 4 heteroatoms. The van der Waals surface area contributed by atoms with Crippen molar-refractivity contribution in [1.29, 1.82) is 0 Å². The number of hydrogen-bond acceptors (Lipinski definition) is 3. The molecule has 0 aliphatic heterocycles. The third-order valence-corrected chi connectivity index (χ3v) is 3.41. The van der Waals surface area contributed by atoms with Gasteiger partial charge in [-0.15, -0.1) is 0 Å². The molecule has 0 amide bonds. The van der Waals surface area contributed by atoms with E-state index >= 15 is 0 Å². The molecule has 0 radical (unpaired) electrons. The molecule has 0 aromatic carbocycles. The van der Waals surface area contributed by atoms with Gasteiger partial charge in [0.1, 0.15) is 5.84 Å². The number of oxime groups is 1. The van der Waals surface area contributed by atoms with E-state index in [1.165, 1.54) is 32.4 Å². The van der Waals surface area contributed by atoms with E-state index in [2.05, 4.69) is 23.9 Å². The highest BCUT2D eigenvalue weighted by Gasteiger charge is 2.22. The van der Waals surface area contributed by atoms with Gasteiger partial charge in [-0.05, 0) is 45.3 Å². The molecule has 0 saturated carbocycles. The molecule has 18 heavy (non-hydrogen) atoms. The van der Waals surface area contributed by atoms with Crippen LogP contribution in [0.3, 0.4) is 0 Å². The van der Waals surface area contributed by atoms with Crippen molar-refractivity contribution in [2.75, 3.05) is 19.6 Å². The summed E-state index contributed by atoms with van der Waals surface area (Å²) in [6, 6.07) is 0. The fourth-order valence-corrected chi connectivity index (χ4v) is 2.13. The Balaban J connectivity index is 3.90. The standard InChI is InChI=1S/C14H31N3O/c1-5-10-17(11-6-2)12-8-7-9-14(3,4)13(15)16-18/h18H,5-12H2,1-4H3,(H2,15,16). The highest BCUT2D eigenvalue weighted by atomic mass is 16.4. The molecule has 0 spiro atoms. The Hall–Kier alpha value is -0.770. The van der Waals surface area contributed by atoms with Crippen molar-refractivity contribution in [1.82, 2.24) is 4.90 Å². The molecule has 0 saturated heterocycles. The summed E-state index contributed by atoms with van der Waals surface area (Å²) in [5.74, 6) is 0.335. The van der Waals surface area contributed by atoms with Crippen molar-refractivity contribution in [3.8, 4) is 0 Å². The molecule has 0 rings (SSSR count). The number of hydrogen-bond donors (Lipinski definition) is 2. The van der Waals surface area contributed by atoms with Crippen LogP contribution in [0.5, 0.6) is 0 Å². The smallest absolute Gasteiger partial charge is 0.144 e. The van der Waals surface area contributed by atoms with E-state index in [1.54, 1.807) is 0 Å². The van der Waals surface area contributed by atoms with E-state index < -0.39 is 0 Å². The lowest BCUT2D eigenvalue weighted by Gasteiger charge is -2.24.